The van der Waals surface area contributed by atoms with E-state index in [1.165, 1.54) is 17.0 Å². The van der Waals surface area contributed by atoms with E-state index in [0.29, 0.717) is 17.0 Å². The van der Waals surface area contributed by atoms with Gasteiger partial charge in [-0.25, -0.2) is 4.79 Å². The summed E-state index contributed by atoms with van der Waals surface area (Å²) in [6, 6.07) is 17.0. The maximum Gasteiger partial charge on any atom is 0.389 e. The number of aliphatic hydroxyl groups excluding tert-OH is 1. The monoisotopic (exact) mass is 614 g/mol. The number of urea groups is 1. The van der Waals surface area contributed by atoms with E-state index in [1.807, 2.05) is 49.4 Å². The van der Waals surface area contributed by atoms with Crippen molar-refractivity contribution < 1.29 is 37.4 Å². The number of aliphatic hydroxyl groups is 1. The fraction of sp³-hybridized carbons (Fsp3) is 0.406. The Labute approximate surface area is 254 Å². The van der Waals surface area contributed by atoms with Crippen LogP contribution in [0.5, 0.6) is 5.75 Å². The molecule has 44 heavy (non-hydrogen) atoms. The first-order valence-electron chi connectivity index (χ1n) is 14.4. The molecule has 1 aliphatic heterocycles. The number of anilines is 2. The highest BCUT2D eigenvalue weighted by atomic mass is 19.4. The highest BCUT2D eigenvalue weighted by Gasteiger charge is 2.32. The first kappa shape index (κ1) is 32.6. The Hall–Kier alpha value is -4.32. The number of ether oxygens (including phenoxy) is 1. The number of nitrogens with zero attached hydrogens (tertiary/aromatic N) is 2. The van der Waals surface area contributed by atoms with Gasteiger partial charge < -0.3 is 30.3 Å². The topological polar surface area (TPSA) is 111 Å². The van der Waals surface area contributed by atoms with E-state index in [4.69, 9.17) is 4.74 Å². The molecule has 0 fully saturated rings. The van der Waals surface area contributed by atoms with E-state index in [9.17, 15) is 32.7 Å². The number of alkyl halides is 3. The number of hydrogen-bond acceptors (Lipinski definition) is 5. The van der Waals surface area contributed by atoms with Crippen LogP contribution in [-0.4, -0.2) is 77.8 Å². The van der Waals surface area contributed by atoms with Crippen LogP contribution in [0.4, 0.5) is 29.3 Å². The lowest BCUT2D eigenvalue weighted by molar-refractivity contribution is -0.142. The van der Waals surface area contributed by atoms with E-state index in [1.54, 1.807) is 24.9 Å². The van der Waals surface area contributed by atoms with E-state index in [-0.39, 0.29) is 49.7 Å². The second-order valence-corrected chi connectivity index (χ2v) is 11.2. The van der Waals surface area contributed by atoms with Crippen molar-refractivity contribution in [2.24, 2.45) is 5.92 Å². The number of amides is 4. The Morgan fingerprint density at radius 2 is 1.84 bits per heavy atom. The minimum atomic E-state index is -4.46. The second-order valence-electron chi connectivity index (χ2n) is 11.2. The molecule has 3 aromatic rings. The van der Waals surface area contributed by atoms with Crippen LogP contribution in [0.3, 0.4) is 0 Å². The number of hydrogen-bond donors (Lipinski definition) is 3. The van der Waals surface area contributed by atoms with Crippen molar-refractivity contribution in [3.63, 3.8) is 0 Å². The Kier molecular flexibility index (Phi) is 10.4. The molecule has 1 aliphatic rings. The maximum atomic E-state index is 13.4. The maximum absolute atomic E-state index is 13.4. The van der Waals surface area contributed by atoms with E-state index >= 15 is 0 Å². The molecule has 0 saturated heterocycles. The predicted molar refractivity (Wildman–Crippen MR) is 162 cm³/mol. The summed E-state index contributed by atoms with van der Waals surface area (Å²) in [4.78, 5) is 41.9. The normalized spacial score (nSPS) is 17.9. The Bertz CT molecular complexity index is 1490. The van der Waals surface area contributed by atoms with Gasteiger partial charge in [0.2, 0.25) is 11.8 Å². The van der Waals surface area contributed by atoms with Crippen LogP contribution in [0.1, 0.15) is 32.3 Å². The average Bonchev–Trinajstić information content (AvgIpc) is 3.02. The van der Waals surface area contributed by atoms with Crippen molar-refractivity contribution in [3.05, 3.63) is 66.2 Å². The van der Waals surface area contributed by atoms with Crippen LogP contribution in [0.25, 0.3) is 10.8 Å². The standard InChI is InChI=1S/C32H37F3N4O5/c1-20-17-39(21(2)19-40)30(42)16-23-15-24(36-29(41)13-14-32(33,34)35)11-12-27(23)44-28(20)18-38(3)31(43)37-26-10-6-8-22-7-4-5-9-25(22)26/h4-12,15,20-21,28,40H,13-14,16-19H2,1-3H3,(H,36,41)(H,37,43)/t20-,21+,28-/m1/s1. The van der Waals surface area contributed by atoms with Crippen LogP contribution >= 0.6 is 0 Å². The molecule has 0 bridgehead atoms. The van der Waals surface area contributed by atoms with Crippen LogP contribution in [0, 0.1) is 5.92 Å². The first-order chi connectivity index (χ1) is 20.8. The number of rotatable bonds is 8. The first-order valence-corrected chi connectivity index (χ1v) is 14.4. The molecule has 9 nitrogen and oxygen atoms in total. The summed E-state index contributed by atoms with van der Waals surface area (Å²) < 4.78 is 44.1. The minimum absolute atomic E-state index is 0.122. The molecule has 3 N–H and O–H groups in total. The molecule has 0 aromatic heterocycles. The van der Waals surface area contributed by atoms with Crippen molar-refractivity contribution >= 4 is 40.0 Å². The summed E-state index contributed by atoms with van der Waals surface area (Å²) in [5.74, 6) is -1.01. The second kappa shape index (κ2) is 14.0. The number of nitrogens with one attached hydrogen (secondary N) is 2. The molecule has 4 rings (SSSR count). The molecule has 1 heterocycles. The zero-order valence-corrected chi connectivity index (χ0v) is 24.9. The van der Waals surface area contributed by atoms with Crippen LogP contribution in [0.2, 0.25) is 0 Å². The largest absolute Gasteiger partial charge is 0.488 e. The van der Waals surface area contributed by atoms with Gasteiger partial charge in [-0.1, -0.05) is 43.3 Å². The molecule has 236 valence electrons. The van der Waals surface area contributed by atoms with Crippen molar-refractivity contribution in [1.29, 1.82) is 0 Å². The van der Waals surface area contributed by atoms with Gasteiger partial charge in [0.1, 0.15) is 11.9 Å². The number of carbonyl (C=O) groups excluding carboxylic acids is 3. The molecule has 0 spiro atoms. The van der Waals surface area contributed by atoms with Gasteiger partial charge in [-0.2, -0.15) is 13.2 Å². The SMILES string of the molecule is C[C@@H]1CN([C@@H](C)CO)C(=O)Cc2cc(NC(=O)CCC(F)(F)F)ccc2O[C@@H]1CN(C)C(=O)Nc1cccc2ccccc12. The van der Waals surface area contributed by atoms with Gasteiger partial charge in [-0.05, 0) is 36.6 Å². The van der Waals surface area contributed by atoms with Gasteiger partial charge in [0.25, 0.3) is 0 Å². The quantitative estimate of drug-likeness (QED) is 0.313. The molecular weight excluding hydrogens is 577 g/mol. The average molecular weight is 615 g/mol. The highest BCUT2D eigenvalue weighted by molar-refractivity contribution is 6.01. The third-order valence-corrected chi connectivity index (χ3v) is 7.67. The molecule has 0 radical (unpaired) electrons. The highest BCUT2D eigenvalue weighted by Crippen LogP contribution is 2.30. The van der Waals surface area contributed by atoms with Crippen LogP contribution < -0.4 is 15.4 Å². The van der Waals surface area contributed by atoms with Crippen molar-refractivity contribution in [3.8, 4) is 5.75 Å². The van der Waals surface area contributed by atoms with E-state index in [2.05, 4.69) is 10.6 Å². The van der Waals surface area contributed by atoms with Crippen molar-refractivity contribution in [2.45, 2.75) is 51.4 Å². The van der Waals surface area contributed by atoms with Crippen molar-refractivity contribution in [2.75, 3.05) is 37.4 Å². The van der Waals surface area contributed by atoms with Crippen molar-refractivity contribution in [1.82, 2.24) is 9.80 Å². The summed E-state index contributed by atoms with van der Waals surface area (Å²) in [7, 11) is 1.64. The predicted octanol–water partition coefficient (Wildman–Crippen LogP) is 5.43. The molecule has 3 atom stereocenters. The molecule has 3 aromatic carbocycles. The lowest BCUT2D eigenvalue weighted by Crippen LogP contribution is -2.48. The zero-order valence-electron chi connectivity index (χ0n) is 24.9. The fourth-order valence-corrected chi connectivity index (χ4v) is 5.10. The summed E-state index contributed by atoms with van der Waals surface area (Å²) >= 11 is 0. The Morgan fingerprint density at radius 3 is 2.57 bits per heavy atom. The number of carbonyl (C=O) groups is 3. The third-order valence-electron chi connectivity index (χ3n) is 7.67. The number of fused-ring (bicyclic) bond motifs is 2. The number of likely N-dealkylation sites (N-methyl/N-ethyl adjacent to an activating group) is 1. The molecule has 0 unspecified atom stereocenters. The molecular formula is C32H37F3N4O5. The third kappa shape index (κ3) is 8.40. The number of benzene rings is 3. The van der Waals surface area contributed by atoms with Gasteiger partial charge >= 0.3 is 12.2 Å². The molecule has 4 amide bonds. The zero-order chi connectivity index (χ0) is 32.0. The lowest BCUT2D eigenvalue weighted by atomic mass is 10.0. The Balaban J connectivity index is 1.56. The van der Waals surface area contributed by atoms with Gasteiger partial charge in [0, 0.05) is 42.6 Å². The summed E-state index contributed by atoms with van der Waals surface area (Å²) in [6.07, 6.45) is -7.14. The van der Waals surface area contributed by atoms with Gasteiger partial charge in [-0.15, -0.1) is 0 Å². The molecule has 0 saturated carbocycles. The smallest absolute Gasteiger partial charge is 0.389 e. The van der Waals surface area contributed by atoms with Gasteiger partial charge in [0.15, 0.2) is 0 Å². The lowest BCUT2D eigenvalue weighted by Gasteiger charge is -2.34. The van der Waals surface area contributed by atoms with Gasteiger partial charge in [-0.3, -0.25) is 9.59 Å². The minimum Gasteiger partial charge on any atom is -0.488 e. The molecule has 12 heteroatoms. The fourth-order valence-electron chi connectivity index (χ4n) is 5.10. The summed E-state index contributed by atoms with van der Waals surface area (Å²) in [5.41, 5.74) is 1.30. The number of halogens is 3. The molecule has 0 aliphatic carbocycles. The Morgan fingerprint density at radius 1 is 1.11 bits per heavy atom. The summed E-state index contributed by atoms with van der Waals surface area (Å²) in [6.45, 7) is 3.76. The van der Waals surface area contributed by atoms with Gasteiger partial charge in [0.05, 0.1) is 37.7 Å². The van der Waals surface area contributed by atoms with Crippen LogP contribution in [0.15, 0.2) is 60.7 Å². The summed E-state index contributed by atoms with van der Waals surface area (Å²) in [5, 5.41) is 17.2. The van der Waals surface area contributed by atoms with E-state index in [0.717, 1.165) is 10.8 Å². The van der Waals surface area contributed by atoms with E-state index < -0.39 is 37.1 Å². The van der Waals surface area contributed by atoms with Crippen LogP contribution in [-0.2, 0) is 16.0 Å².